The summed E-state index contributed by atoms with van der Waals surface area (Å²) >= 11 is 8.19. The van der Waals surface area contributed by atoms with E-state index in [-0.39, 0.29) is 10.6 Å². The number of ether oxygens (including phenoxy) is 1. The van der Waals surface area contributed by atoms with Gasteiger partial charge in [0.2, 0.25) is 5.95 Å². The molecule has 0 atom stereocenters. The molecule has 184 valence electrons. The molecule has 2 aromatic heterocycles. The van der Waals surface area contributed by atoms with Crippen LogP contribution in [-0.4, -0.2) is 66.7 Å². The number of piperazine rings is 1. The van der Waals surface area contributed by atoms with Crippen LogP contribution in [-0.2, 0) is 13.0 Å². The molecule has 2 aliphatic heterocycles. The van der Waals surface area contributed by atoms with E-state index in [1.807, 2.05) is 11.9 Å². The van der Waals surface area contributed by atoms with Gasteiger partial charge in [0.25, 0.3) is 5.69 Å². The molecule has 1 aromatic carbocycles. The van der Waals surface area contributed by atoms with Crippen LogP contribution in [0.15, 0.2) is 29.8 Å². The lowest BCUT2D eigenvalue weighted by Crippen LogP contribution is -2.44. The van der Waals surface area contributed by atoms with Gasteiger partial charge in [-0.2, -0.15) is 4.98 Å². The number of benzene rings is 1. The van der Waals surface area contributed by atoms with Crippen molar-refractivity contribution in [2.75, 3.05) is 62.0 Å². The van der Waals surface area contributed by atoms with Crippen LogP contribution in [0.25, 0.3) is 0 Å². The highest BCUT2D eigenvalue weighted by Gasteiger charge is 2.26. The Kier molecular flexibility index (Phi) is 6.63. The lowest BCUT2D eigenvalue weighted by Gasteiger charge is -2.34. The molecule has 4 heterocycles. The summed E-state index contributed by atoms with van der Waals surface area (Å²) in [5.41, 5.74) is 2.34. The zero-order valence-corrected chi connectivity index (χ0v) is 21.1. The van der Waals surface area contributed by atoms with Crippen LogP contribution in [0.4, 0.5) is 28.8 Å². The van der Waals surface area contributed by atoms with E-state index in [2.05, 4.69) is 36.5 Å². The fraction of sp³-hybridized carbons (Fsp3) is 0.391. The molecule has 0 spiro atoms. The standard InChI is InChI=1S/C23H26ClN7O3S/c1-28-6-8-29(9-7-28)18-12-20(34-2)17(11-19(18)31(32)33)26-23-25-13-16(24)22(27-23)30-5-3-15-4-10-35-21(15)14-30/h4,10-13H,3,5-9,14H2,1-2H3,(H,25,26,27). The number of nitro groups is 1. The highest BCUT2D eigenvalue weighted by molar-refractivity contribution is 7.10. The van der Waals surface area contributed by atoms with Crippen LogP contribution in [0.3, 0.4) is 0 Å². The smallest absolute Gasteiger partial charge is 0.294 e. The predicted octanol–water partition coefficient (Wildman–Crippen LogP) is 4.17. The normalized spacial score (nSPS) is 16.2. The zero-order valence-electron chi connectivity index (χ0n) is 19.5. The van der Waals surface area contributed by atoms with Gasteiger partial charge < -0.3 is 24.8 Å². The number of anilines is 4. The Bertz CT molecular complexity index is 1250. The first-order valence-electron chi connectivity index (χ1n) is 11.3. The topological polar surface area (TPSA) is 99.9 Å². The summed E-state index contributed by atoms with van der Waals surface area (Å²) in [4.78, 5) is 28.2. The molecule has 3 aromatic rings. The second-order valence-electron chi connectivity index (χ2n) is 8.62. The zero-order chi connectivity index (χ0) is 24.5. The fourth-order valence-electron chi connectivity index (χ4n) is 4.45. The summed E-state index contributed by atoms with van der Waals surface area (Å²) in [7, 11) is 3.59. The second-order valence-corrected chi connectivity index (χ2v) is 10.0. The molecule has 0 bridgehead atoms. The third-order valence-corrected chi connectivity index (χ3v) is 7.65. The molecule has 0 aliphatic carbocycles. The Hall–Kier alpha value is -3.15. The van der Waals surface area contributed by atoms with E-state index < -0.39 is 0 Å². The predicted molar refractivity (Wildman–Crippen MR) is 139 cm³/mol. The summed E-state index contributed by atoms with van der Waals surface area (Å²) < 4.78 is 5.59. The molecule has 0 saturated carbocycles. The van der Waals surface area contributed by atoms with Crippen molar-refractivity contribution < 1.29 is 9.66 Å². The Morgan fingerprint density at radius 1 is 1.20 bits per heavy atom. The first-order chi connectivity index (χ1) is 16.9. The summed E-state index contributed by atoms with van der Waals surface area (Å²) in [6.45, 7) is 4.62. The third kappa shape index (κ3) is 4.84. The minimum absolute atomic E-state index is 0.00768. The molecule has 10 nitrogen and oxygen atoms in total. The number of rotatable bonds is 6. The van der Waals surface area contributed by atoms with E-state index in [1.54, 1.807) is 30.7 Å². The first-order valence-corrected chi connectivity index (χ1v) is 12.6. The molecule has 0 radical (unpaired) electrons. The van der Waals surface area contributed by atoms with E-state index >= 15 is 0 Å². The highest BCUT2D eigenvalue weighted by Crippen LogP contribution is 2.40. The molecule has 5 rings (SSSR count). The van der Waals surface area contributed by atoms with Crippen molar-refractivity contribution in [3.63, 3.8) is 0 Å². The Balaban J connectivity index is 1.44. The second kappa shape index (κ2) is 9.84. The number of hydrogen-bond donors (Lipinski definition) is 1. The summed E-state index contributed by atoms with van der Waals surface area (Å²) in [6, 6.07) is 5.37. The molecular formula is C23H26ClN7O3S. The number of thiophene rings is 1. The fourth-order valence-corrected chi connectivity index (χ4v) is 5.61. The molecule has 1 N–H and O–H groups in total. The van der Waals surface area contributed by atoms with E-state index in [0.29, 0.717) is 47.0 Å². The van der Waals surface area contributed by atoms with Crippen LogP contribution in [0, 0.1) is 10.1 Å². The minimum Gasteiger partial charge on any atom is -0.494 e. The van der Waals surface area contributed by atoms with Crippen molar-refractivity contribution in [1.29, 1.82) is 0 Å². The van der Waals surface area contributed by atoms with Gasteiger partial charge in [-0.05, 0) is 30.5 Å². The molecule has 0 amide bonds. The lowest BCUT2D eigenvalue weighted by molar-refractivity contribution is -0.384. The van der Waals surface area contributed by atoms with Crippen LogP contribution >= 0.6 is 22.9 Å². The SMILES string of the molecule is COc1cc(N2CCN(C)CC2)c([N+](=O)[O-])cc1Nc1ncc(Cl)c(N2CCc3ccsc3C2)n1. The number of nitro benzene ring substituents is 1. The van der Waals surface area contributed by atoms with Gasteiger partial charge in [0.15, 0.2) is 5.82 Å². The summed E-state index contributed by atoms with van der Waals surface area (Å²) in [5.74, 6) is 1.40. The number of nitrogens with one attached hydrogen (secondary N) is 1. The van der Waals surface area contributed by atoms with E-state index in [0.717, 1.165) is 32.6 Å². The average molecular weight is 516 g/mol. The largest absolute Gasteiger partial charge is 0.494 e. The van der Waals surface area contributed by atoms with Gasteiger partial charge in [0.1, 0.15) is 16.5 Å². The maximum absolute atomic E-state index is 12.0. The van der Waals surface area contributed by atoms with E-state index in [9.17, 15) is 10.1 Å². The Morgan fingerprint density at radius 2 is 2.00 bits per heavy atom. The van der Waals surface area contributed by atoms with Crippen molar-refractivity contribution >= 4 is 51.8 Å². The van der Waals surface area contributed by atoms with Gasteiger partial charge in [-0.15, -0.1) is 11.3 Å². The highest BCUT2D eigenvalue weighted by atomic mass is 35.5. The monoisotopic (exact) mass is 515 g/mol. The molecule has 1 saturated heterocycles. The van der Waals surface area contributed by atoms with Gasteiger partial charge in [-0.1, -0.05) is 11.6 Å². The average Bonchev–Trinajstić information content (AvgIpc) is 3.33. The van der Waals surface area contributed by atoms with Crippen molar-refractivity contribution in [2.45, 2.75) is 13.0 Å². The maximum Gasteiger partial charge on any atom is 0.294 e. The van der Waals surface area contributed by atoms with Crippen LogP contribution < -0.4 is 19.9 Å². The van der Waals surface area contributed by atoms with E-state index in [4.69, 9.17) is 16.3 Å². The van der Waals surface area contributed by atoms with Crippen molar-refractivity contribution in [3.8, 4) is 5.75 Å². The molecule has 12 heteroatoms. The lowest BCUT2D eigenvalue weighted by atomic mass is 10.1. The Labute approximate surface area is 212 Å². The number of halogens is 1. The van der Waals surface area contributed by atoms with Gasteiger partial charge in [0.05, 0.1) is 30.5 Å². The third-order valence-electron chi connectivity index (χ3n) is 6.43. The molecule has 2 aliphatic rings. The molecule has 0 unspecified atom stereocenters. The first kappa shape index (κ1) is 23.6. The van der Waals surface area contributed by atoms with Crippen LogP contribution in [0.5, 0.6) is 5.75 Å². The number of hydrogen-bond acceptors (Lipinski definition) is 10. The van der Waals surface area contributed by atoms with Crippen LogP contribution in [0.2, 0.25) is 5.02 Å². The quantitative estimate of drug-likeness (QED) is 0.383. The van der Waals surface area contributed by atoms with Gasteiger partial charge in [0, 0.05) is 49.7 Å². The number of methoxy groups -OCH3 is 1. The van der Waals surface area contributed by atoms with Gasteiger partial charge >= 0.3 is 0 Å². The van der Waals surface area contributed by atoms with E-state index in [1.165, 1.54) is 16.5 Å². The number of likely N-dealkylation sites (N-methyl/N-ethyl adjacent to an activating group) is 1. The Morgan fingerprint density at radius 3 is 2.74 bits per heavy atom. The van der Waals surface area contributed by atoms with Crippen LogP contribution in [0.1, 0.15) is 10.4 Å². The van der Waals surface area contributed by atoms with Crippen molar-refractivity contribution in [3.05, 3.63) is 55.4 Å². The summed E-state index contributed by atoms with van der Waals surface area (Å²) in [6.07, 6.45) is 2.48. The van der Waals surface area contributed by atoms with Gasteiger partial charge in [-0.25, -0.2) is 4.98 Å². The number of aromatic nitrogens is 2. The van der Waals surface area contributed by atoms with Crippen molar-refractivity contribution in [2.24, 2.45) is 0 Å². The van der Waals surface area contributed by atoms with Crippen molar-refractivity contribution in [1.82, 2.24) is 14.9 Å². The number of nitrogens with zero attached hydrogens (tertiary/aromatic N) is 6. The number of fused-ring (bicyclic) bond motifs is 1. The minimum atomic E-state index is -0.362. The molecule has 1 fully saturated rings. The molecular weight excluding hydrogens is 490 g/mol. The molecule has 35 heavy (non-hydrogen) atoms. The summed E-state index contributed by atoms with van der Waals surface area (Å²) in [5, 5.41) is 17.6. The van der Waals surface area contributed by atoms with Gasteiger partial charge in [-0.3, -0.25) is 10.1 Å². The maximum atomic E-state index is 12.0.